The Morgan fingerprint density at radius 3 is 2.39 bits per heavy atom. The highest BCUT2D eigenvalue weighted by molar-refractivity contribution is 9.10. The molecule has 0 aliphatic rings. The second-order valence-corrected chi connectivity index (χ2v) is 8.64. The molecule has 0 fully saturated rings. The minimum absolute atomic E-state index is 0.209. The molecule has 0 spiro atoms. The lowest BCUT2D eigenvalue weighted by Crippen LogP contribution is -2.10. The van der Waals surface area contributed by atoms with Gasteiger partial charge in [-0.25, -0.2) is 9.97 Å². The standard InChI is InChI=1S/C13H20BrClN2S/c1-8(2)6-9-11(14)12(15)17-10(16-9)7-18-13(3,4)5/h8H,6-7H2,1-5H3. The number of aromatic nitrogens is 2. The molecule has 1 aromatic heterocycles. The summed E-state index contributed by atoms with van der Waals surface area (Å²) in [4.78, 5) is 8.94. The van der Waals surface area contributed by atoms with Gasteiger partial charge in [0, 0.05) is 4.75 Å². The van der Waals surface area contributed by atoms with E-state index in [4.69, 9.17) is 11.6 Å². The number of nitrogens with zero attached hydrogens (tertiary/aromatic N) is 2. The summed E-state index contributed by atoms with van der Waals surface area (Å²) in [6.45, 7) is 10.9. The average molecular weight is 352 g/mol. The van der Waals surface area contributed by atoms with Crippen LogP contribution >= 0.6 is 39.3 Å². The van der Waals surface area contributed by atoms with Crippen LogP contribution in [0.4, 0.5) is 0 Å². The monoisotopic (exact) mass is 350 g/mol. The fraction of sp³-hybridized carbons (Fsp3) is 0.692. The fourth-order valence-corrected chi connectivity index (χ4v) is 2.62. The largest absolute Gasteiger partial charge is 0.236 e. The Morgan fingerprint density at radius 2 is 1.89 bits per heavy atom. The van der Waals surface area contributed by atoms with E-state index in [0.29, 0.717) is 11.1 Å². The molecular formula is C13H20BrClN2S. The molecule has 0 saturated heterocycles. The van der Waals surface area contributed by atoms with E-state index >= 15 is 0 Å². The van der Waals surface area contributed by atoms with Crippen LogP contribution in [0.1, 0.15) is 46.1 Å². The summed E-state index contributed by atoms with van der Waals surface area (Å²) < 4.78 is 1.04. The topological polar surface area (TPSA) is 25.8 Å². The van der Waals surface area contributed by atoms with Crippen LogP contribution in [0.2, 0.25) is 5.15 Å². The highest BCUT2D eigenvalue weighted by atomic mass is 79.9. The maximum Gasteiger partial charge on any atom is 0.147 e. The van der Waals surface area contributed by atoms with Crippen molar-refractivity contribution in [3.8, 4) is 0 Å². The second-order valence-electron chi connectivity index (χ2n) is 5.69. The summed E-state index contributed by atoms with van der Waals surface area (Å²) in [5.74, 6) is 2.16. The molecule has 0 atom stereocenters. The van der Waals surface area contributed by atoms with Crippen molar-refractivity contribution < 1.29 is 0 Å². The van der Waals surface area contributed by atoms with Gasteiger partial charge in [0.05, 0.1) is 15.9 Å². The molecule has 1 heterocycles. The van der Waals surface area contributed by atoms with Crippen LogP contribution in [-0.2, 0) is 12.2 Å². The molecule has 0 aliphatic carbocycles. The van der Waals surface area contributed by atoms with Gasteiger partial charge < -0.3 is 0 Å². The summed E-state index contributed by atoms with van der Waals surface area (Å²) in [7, 11) is 0. The lowest BCUT2D eigenvalue weighted by molar-refractivity contribution is 0.629. The normalized spacial score (nSPS) is 12.2. The third kappa shape index (κ3) is 5.45. The van der Waals surface area contributed by atoms with E-state index in [1.807, 2.05) is 11.8 Å². The molecule has 0 aromatic carbocycles. The zero-order valence-corrected chi connectivity index (χ0v) is 14.7. The molecule has 0 radical (unpaired) electrons. The van der Waals surface area contributed by atoms with E-state index in [2.05, 4.69) is 60.5 Å². The lowest BCUT2D eigenvalue weighted by atomic mass is 10.1. The van der Waals surface area contributed by atoms with Crippen LogP contribution in [0.25, 0.3) is 0 Å². The number of rotatable bonds is 4. The molecule has 0 unspecified atom stereocenters. The average Bonchev–Trinajstić information content (AvgIpc) is 2.20. The number of thioether (sulfide) groups is 1. The molecule has 0 saturated carbocycles. The van der Waals surface area contributed by atoms with Crippen molar-refractivity contribution in [1.82, 2.24) is 9.97 Å². The van der Waals surface area contributed by atoms with E-state index in [-0.39, 0.29) is 4.75 Å². The van der Waals surface area contributed by atoms with Crippen LogP contribution in [0.5, 0.6) is 0 Å². The second kappa shape index (κ2) is 6.58. The molecule has 1 rings (SSSR count). The lowest BCUT2D eigenvalue weighted by Gasteiger charge is -2.17. The van der Waals surface area contributed by atoms with Crippen LogP contribution in [0.3, 0.4) is 0 Å². The van der Waals surface area contributed by atoms with Crippen LogP contribution in [-0.4, -0.2) is 14.7 Å². The Balaban J connectivity index is 2.90. The van der Waals surface area contributed by atoms with Gasteiger partial charge in [-0.2, -0.15) is 0 Å². The van der Waals surface area contributed by atoms with Crippen molar-refractivity contribution in [3.63, 3.8) is 0 Å². The summed E-state index contributed by atoms with van der Waals surface area (Å²) in [5, 5.41) is 0.519. The summed E-state index contributed by atoms with van der Waals surface area (Å²) in [5.41, 5.74) is 1.01. The molecule has 102 valence electrons. The van der Waals surface area contributed by atoms with Gasteiger partial charge in [-0.05, 0) is 28.3 Å². The van der Waals surface area contributed by atoms with Crippen molar-refractivity contribution in [2.45, 2.75) is 51.5 Å². The molecule has 5 heteroatoms. The highest BCUT2D eigenvalue weighted by Crippen LogP contribution is 2.29. The molecular weight excluding hydrogens is 332 g/mol. The summed E-state index contributed by atoms with van der Waals surface area (Å²) in [6, 6.07) is 0. The Kier molecular flexibility index (Phi) is 5.94. The highest BCUT2D eigenvalue weighted by Gasteiger charge is 2.15. The number of hydrogen-bond donors (Lipinski definition) is 0. The Bertz CT molecular complexity index is 416. The third-order valence-corrected chi connectivity index (χ3v) is 4.77. The van der Waals surface area contributed by atoms with Gasteiger partial charge in [0.2, 0.25) is 0 Å². The van der Waals surface area contributed by atoms with Gasteiger partial charge in [0.15, 0.2) is 0 Å². The quantitative estimate of drug-likeness (QED) is 0.704. The van der Waals surface area contributed by atoms with Crippen molar-refractivity contribution in [1.29, 1.82) is 0 Å². The van der Waals surface area contributed by atoms with E-state index in [1.54, 1.807) is 0 Å². The minimum atomic E-state index is 0.209. The Hall–Kier alpha value is 0.200. The van der Waals surface area contributed by atoms with Gasteiger partial charge in [0.25, 0.3) is 0 Å². The van der Waals surface area contributed by atoms with E-state index in [9.17, 15) is 0 Å². The molecule has 0 aliphatic heterocycles. The first-order valence-corrected chi connectivity index (χ1v) is 8.19. The van der Waals surface area contributed by atoms with Gasteiger partial charge in [-0.15, -0.1) is 11.8 Å². The maximum absolute atomic E-state index is 6.15. The smallest absolute Gasteiger partial charge is 0.147 e. The van der Waals surface area contributed by atoms with Crippen molar-refractivity contribution >= 4 is 39.3 Å². The van der Waals surface area contributed by atoms with Crippen LogP contribution < -0.4 is 0 Å². The van der Waals surface area contributed by atoms with Crippen LogP contribution in [0, 0.1) is 5.92 Å². The minimum Gasteiger partial charge on any atom is -0.236 e. The van der Waals surface area contributed by atoms with Gasteiger partial charge >= 0.3 is 0 Å². The van der Waals surface area contributed by atoms with Crippen molar-refractivity contribution in [3.05, 3.63) is 21.1 Å². The third-order valence-electron chi connectivity index (χ3n) is 2.16. The SMILES string of the molecule is CC(C)Cc1nc(CSC(C)(C)C)nc(Cl)c1Br. The first-order valence-electron chi connectivity index (χ1n) is 6.04. The fourth-order valence-electron chi connectivity index (χ4n) is 1.38. The number of halogens is 2. The first-order chi connectivity index (χ1) is 8.19. The van der Waals surface area contributed by atoms with Crippen molar-refractivity contribution in [2.24, 2.45) is 5.92 Å². The van der Waals surface area contributed by atoms with Gasteiger partial charge in [-0.1, -0.05) is 46.2 Å². The van der Waals surface area contributed by atoms with E-state index < -0.39 is 0 Å². The Labute approximate surface area is 127 Å². The van der Waals surface area contributed by atoms with Gasteiger partial charge in [-0.3, -0.25) is 0 Å². The van der Waals surface area contributed by atoms with Crippen molar-refractivity contribution in [2.75, 3.05) is 0 Å². The summed E-state index contributed by atoms with van der Waals surface area (Å²) in [6.07, 6.45) is 0.913. The van der Waals surface area contributed by atoms with Crippen LogP contribution in [0.15, 0.2) is 4.47 Å². The molecule has 18 heavy (non-hydrogen) atoms. The molecule has 0 N–H and O–H groups in total. The first kappa shape index (κ1) is 16.3. The van der Waals surface area contributed by atoms with E-state index in [1.165, 1.54) is 0 Å². The maximum atomic E-state index is 6.15. The van der Waals surface area contributed by atoms with Gasteiger partial charge in [0.1, 0.15) is 11.0 Å². The molecule has 0 bridgehead atoms. The number of hydrogen-bond acceptors (Lipinski definition) is 3. The molecule has 1 aromatic rings. The Morgan fingerprint density at radius 1 is 1.28 bits per heavy atom. The zero-order valence-electron chi connectivity index (χ0n) is 11.6. The zero-order chi connectivity index (χ0) is 13.9. The predicted octanol–water partition coefficient (Wildman–Crippen LogP) is 5.12. The van der Waals surface area contributed by atoms with E-state index in [0.717, 1.165) is 28.2 Å². The molecule has 2 nitrogen and oxygen atoms in total. The summed E-state index contributed by atoms with van der Waals surface area (Å²) >= 11 is 11.4. The molecule has 0 amide bonds. The predicted molar refractivity (Wildman–Crippen MR) is 84.3 cm³/mol.